The van der Waals surface area contributed by atoms with Crippen LogP contribution in [0.2, 0.25) is 0 Å². The number of anilines is 1. The molecule has 0 saturated carbocycles. The summed E-state index contributed by atoms with van der Waals surface area (Å²) in [5, 5.41) is 25.1. The van der Waals surface area contributed by atoms with E-state index in [0.29, 0.717) is 0 Å². The molecule has 0 fully saturated rings. The molecule has 0 atom stereocenters. The second kappa shape index (κ2) is 6.21. The van der Waals surface area contributed by atoms with Gasteiger partial charge in [-0.1, -0.05) is 0 Å². The predicted octanol–water partition coefficient (Wildman–Crippen LogP) is 1.62. The summed E-state index contributed by atoms with van der Waals surface area (Å²) in [6, 6.07) is 3.40. The number of non-ortho nitro benzene ring substituents is 1. The van der Waals surface area contributed by atoms with Crippen molar-refractivity contribution in [3.63, 3.8) is 0 Å². The highest BCUT2D eigenvalue weighted by atomic mass is 16.6. The molecule has 1 aromatic carbocycles. The van der Waals surface area contributed by atoms with Crippen molar-refractivity contribution in [2.45, 2.75) is 26.3 Å². The van der Waals surface area contributed by atoms with Crippen molar-refractivity contribution < 1.29 is 19.6 Å². The van der Waals surface area contributed by atoms with Gasteiger partial charge in [0.1, 0.15) is 0 Å². The smallest absolute Gasteiger partial charge is 0.338 e. The fourth-order valence-electron chi connectivity index (χ4n) is 1.61. The molecule has 0 unspecified atom stereocenters. The van der Waals surface area contributed by atoms with Gasteiger partial charge >= 0.3 is 5.97 Å². The summed E-state index contributed by atoms with van der Waals surface area (Å²) >= 11 is 0. The number of benzene rings is 1. The van der Waals surface area contributed by atoms with E-state index < -0.39 is 16.4 Å². The van der Waals surface area contributed by atoms with E-state index in [-0.39, 0.29) is 29.4 Å². The zero-order valence-electron chi connectivity index (χ0n) is 12.0. The lowest BCUT2D eigenvalue weighted by Gasteiger charge is -2.21. The third-order valence-corrected chi connectivity index (χ3v) is 2.40. The topological polar surface area (TPSA) is 122 Å². The number of hydrogen-bond acceptors (Lipinski definition) is 5. The first-order chi connectivity index (χ1) is 9.60. The molecule has 1 rings (SSSR count). The Hall–Kier alpha value is -2.64. The van der Waals surface area contributed by atoms with Crippen molar-refractivity contribution in [3.05, 3.63) is 33.9 Å². The maximum absolute atomic E-state index is 11.7. The fraction of sp³-hybridized carbons (Fsp3) is 0.385. The van der Waals surface area contributed by atoms with Crippen molar-refractivity contribution in [1.29, 1.82) is 0 Å². The van der Waals surface area contributed by atoms with Gasteiger partial charge in [-0.15, -0.1) is 0 Å². The number of nitrogens with zero attached hydrogens (tertiary/aromatic N) is 1. The highest BCUT2D eigenvalue weighted by Crippen LogP contribution is 2.22. The van der Waals surface area contributed by atoms with Crippen LogP contribution in [0.25, 0.3) is 0 Å². The van der Waals surface area contributed by atoms with E-state index in [1.54, 1.807) is 0 Å². The number of nitrogens with one attached hydrogen (secondary N) is 2. The molecule has 1 aromatic rings. The van der Waals surface area contributed by atoms with Gasteiger partial charge < -0.3 is 15.7 Å². The summed E-state index contributed by atoms with van der Waals surface area (Å²) in [6.45, 7) is 5.33. The van der Waals surface area contributed by atoms with Crippen molar-refractivity contribution in [3.8, 4) is 0 Å². The lowest BCUT2D eigenvalue weighted by Crippen LogP contribution is -2.43. The highest BCUT2D eigenvalue weighted by Gasteiger charge is 2.18. The molecule has 0 radical (unpaired) electrons. The molecule has 21 heavy (non-hydrogen) atoms. The van der Waals surface area contributed by atoms with Crippen LogP contribution in [0.1, 0.15) is 31.1 Å². The zero-order valence-corrected chi connectivity index (χ0v) is 12.0. The van der Waals surface area contributed by atoms with Gasteiger partial charge in [-0.3, -0.25) is 14.9 Å². The van der Waals surface area contributed by atoms with Crippen molar-refractivity contribution in [2.75, 3.05) is 11.9 Å². The van der Waals surface area contributed by atoms with E-state index in [9.17, 15) is 19.7 Å². The summed E-state index contributed by atoms with van der Waals surface area (Å²) in [5.41, 5.74) is -0.828. The molecule has 0 aliphatic carbocycles. The SMILES string of the molecule is CC(C)(C)NC(=O)CNc1ccc([N+](=O)[O-])cc1C(=O)O. The Morgan fingerprint density at radius 2 is 1.95 bits per heavy atom. The first-order valence-electron chi connectivity index (χ1n) is 6.17. The molecule has 0 aliphatic heterocycles. The zero-order chi connectivity index (χ0) is 16.2. The molecular formula is C13H17N3O5. The predicted molar refractivity (Wildman–Crippen MR) is 76.4 cm³/mol. The Kier molecular flexibility index (Phi) is 4.85. The van der Waals surface area contributed by atoms with Gasteiger partial charge in [-0.2, -0.15) is 0 Å². The number of amides is 1. The van der Waals surface area contributed by atoms with Gasteiger partial charge in [0.05, 0.1) is 17.0 Å². The van der Waals surface area contributed by atoms with Gasteiger partial charge in [0.15, 0.2) is 0 Å². The van der Waals surface area contributed by atoms with Crippen LogP contribution in [-0.4, -0.2) is 34.0 Å². The van der Waals surface area contributed by atoms with Crippen LogP contribution < -0.4 is 10.6 Å². The summed E-state index contributed by atoms with van der Waals surface area (Å²) in [6.07, 6.45) is 0. The summed E-state index contributed by atoms with van der Waals surface area (Å²) in [7, 11) is 0. The maximum Gasteiger partial charge on any atom is 0.338 e. The quantitative estimate of drug-likeness (QED) is 0.560. The van der Waals surface area contributed by atoms with Crippen LogP contribution in [0.5, 0.6) is 0 Å². The molecule has 0 aromatic heterocycles. The molecular weight excluding hydrogens is 278 g/mol. The standard InChI is InChI=1S/C13H17N3O5/c1-13(2,3)15-11(17)7-14-10-5-4-8(16(20)21)6-9(10)12(18)19/h4-6,14H,7H2,1-3H3,(H,15,17)(H,18,19). The summed E-state index contributed by atoms with van der Waals surface area (Å²) in [4.78, 5) is 32.7. The van der Waals surface area contributed by atoms with Gasteiger partial charge in [-0.05, 0) is 26.8 Å². The number of carbonyl (C=O) groups is 2. The Labute approximate surface area is 121 Å². The second-order valence-electron chi connectivity index (χ2n) is 5.44. The van der Waals surface area contributed by atoms with E-state index in [4.69, 9.17) is 5.11 Å². The van der Waals surface area contributed by atoms with Crippen LogP contribution in [0.15, 0.2) is 18.2 Å². The Balaban J connectivity index is 2.86. The molecule has 0 heterocycles. The molecule has 0 spiro atoms. The number of carboxylic acids is 1. The average Bonchev–Trinajstić information content (AvgIpc) is 2.33. The van der Waals surface area contributed by atoms with E-state index in [0.717, 1.165) is 6.07 Å². The third kappa shape index (κ3) is 5.09. The van der Waals surface area contributed by atoms with Gasteiger partial charge in [0.2, 0.25) is 5.91 Å². The minimum Gasteiger partial charge on any atom is -0.478 e. The molecule has 8 nitrogen and oxygen atoms in total. The number of nitro benzene ring substituents is 1. The maximum atomic E-state index is 11.7. The molecule has 0 aliphatic rings. The first-order valence-corrected chi connectivity index (χ1v) is 6.17. The van der Waals surface area contributed by atoms with Gasteiger partial charge in [0.25, 0.3) is 5.69 Å². The summed E-state index contributed by atoms with van der Waals surface area (Å²) in [5.74, 6) is -1.62. The fourth-order valence-corrected chi connectivity index (χ4v) is 1.61. The van der Waals surface area contributed by atoms with E-state index in [1.807, 2.05) is 20.8 Å². The highest BCUT2D eigenvalue weighted by molar-refractivity contribution is 5.95. The first kappa shape index (κ1) is 16.4. The number of hydrogen-bond donors (Lipinski definition) is 3. The van der Waals surface area contributed by atoms with E-state index in [2.05, 4.69) is 10.6 Å². The molecule has 3 N–H and O–H groups in total. The molecule has 114 valence electrons. The largest absolute Gasteiger partial charge is 0.478 e. The van der Waals surface area contributed by atoms with E-state index in [1.165, 1.54) is 12.1 Å². The Morgan fingerprint density at radius 3 is 2.43 bits per heavy atom. The Bertz CT molecular complexity index is 578. The van der Waals surface area contributed by atoms with Crippen LogP contribution in [0.3, 0.4) is 0 Å². The molecule has 0 bridgehead atoms. The Morgan fingerprint density at radius 1 is 1.33 bits per heavy atom. The van der Waals surface area contributed by atoms with Crippen LogP contribution >= 0.6 is 0 Å². The minimum atomic E-state index is -1.31. The van der Waals surface area contributed by atoms with Crippen molar-refractivity contribution >= 4 is 23.3 Å². The van der Waals surface area contributed by atoms with Gasteiger partial charge in [0, 0.05) is 23.4 Å². The number of nitro groups is 1. The van der Waals surface area contributed by atoms with E-state index >= 15 is 0 Å². The van der Waals surface area contributed by atoms with Gasteiger partial charge in [-0.25, -0.2) is 4.79 Å². The summed E-state index contributed by atoms with van der Waals surface area (Å²) < 4.78 is 0. The monoisotopic (exact) mass is 295 g/mol. The second-order valence-corrected chi connectivity index (χ2v) is 5.44. The number of carbonyl (C=O) groups excluding carboxylic acids is 1. The third-order valence-electron chi connectivity index (χ3n) is 2.40. The molecule has 8 heteroatoms. The minimum absolute atomic E-state index is 0.130. The molecule has 0 saturated heterocycles. The normalized spacial score (nSPS) is 10.8. The average molecular weight is 295 g/mol. The van der Waals surface area contributed by atoms with Crippen LogP contribution in [0, 0.1) is 10.1 Å². The van der Waals surface area contributed by atoms with Crippen LogP contribution in [0.4, 0.5) is 11.4 Å². The number of aromatic carboxylic acids is 1. The number of carboxylic acid groups (broad SMARTS) is 1. The molecule has 1 amide bonds. The van der Waals surface area contributed by atoms with Crippen LogP contribution in [-0.2, 0) is 4.79 Å². The van der Waals surface area contributed by atoms with Crippen molar-refractivity contribution in [1.82, 2.24) is 5.32 Å². The lowest BCUT2D eigenvalue weighted by atomic mass is 10.1. The number of rotatable bonds is 5. The lowest BCUT2D eigenvalue weighted by molar-refractivity contribution is -0.384. The van der Waals surface area contributed by atoms with Crippen molar-refractivity contribution in [2.24, 2.45) is 0 Å².